The lowest BCUT2D eigenvalue weighted by Gasteiger charge is -2.13. The Morgan fingerprint density at radius 3 is 2.60 bits per heavy atom. The Labute approximate surface area is 124 Å². The van der Waals surface area contributed by atoms with Crippen LogP contribution >= 0.6 is 11.3 Å². The Balaban J connectivity index is 1.77. The maximum Gasteiger partial charge on any atom is 0.0388 e. The highest BCUT2D eigenvalue weighted by molar-refractivity contribution is 7.12. The Morgan fingerprint density at radius 1 is 1.00 bits per heavy atom. The largest absolute Gasteiger partial charge is 0.305 e. The monoisotopic (exact) mass is 281 g/mol. The van der Waals surface area contributed by atoms with Crippen LogP contribution in [0, 0.1) is 6.92 Å². The fraction of sp³-hybridized carbons (Fsp3) is 0.222. The molecule has 0 saturated heterocycles. The highest BCUT2D eigenvalue weighted by Gasteiger charge is 2.08. The van der Waals surface area contributed by atoms with Gasteiger partial charge in [-0.1, -0.05) is 42.5 Å². The zero-order chi connectivity index (χ0) is 13.9. The van der Waals surface area contributed by atoms with Crippen LogP contribution in [0.1, 0.15) is 28.3 Å². The molecule has 0 spiro atoms. The van der Waals surface area contributed by atoms with Crippen molar-refractivity contribution in [2.24, 2.45) is 0 Å². The predicted octanol–water partition coefficient (Wildman–Crippen LogP) is 5.06. The van der Waals surface area contributed by atoms with Crippen molar-refractivity contribution < 1.29 is 0 Å². The topological polar surface area (TPSA) is 12.0 Å². The fourth-order valence-electron chi connectivity index (χ4n) is 2.50. The Hall–Kier alpha value is -1.64. The highest BCUT2D eigenvalue weighted by atomic mass is 32.1. The van der Waals surface area contributed by atoms with Gasteiger partial charge in [-0.3, -0.25) is 0 Å². The molecule has 1 nitrogen and oxygen atoms in total. The molecule has 0 saturated carbocycles. The third-order valence-corrected chi connectivity index (χ3v) is 4.85. The zero-order valence-corrected chi connectivity index (χ0v) is 12.7. The van der Waals surface area contributed by atoms with E-state index in [0.717, 1.165) is 6.54 Å². The second-order valence-corrected chi connectivity index (χ2v) is 6.51. The van der Waals surface area contributed by atoms with Crippen LogP contribution in [0.5, 0.6) is 0 Å². The summed E-state index contributed by atoms with van der Waals surface area (Å²) in [7, 11) is 0. The van der Waals surface area contributed by atoms with E-state index in [-0.39, 0.29) is 0 Å². The molecule has 20 heavy (non-hydrogen) atoms. The van der Waals surface area contributed by atoms with E-state index in [2.05, 4.69) is 73.8 Å². The van der Waals surface area contributed by atoms with Gasteiger partial charge in [-0.15, -0.1) is 11.3 Å². The summed E-state index contributed by atoms with van der Waals surface area (Å²) < 4.78 is 0. The molecule has 1 N–H and O–H groups in total. The van der Waals surface area contributed by atoms with Gasteiger partial charge in [0.05, 0.1) is 0 Å². The predicted molar refractivity (Wildman–Crippen MR) is 88.3 cm³/mol. The van der Waals surface area contributed by atoms with Gasteiger partial charge in [-0.25, -0.2) is 0 Å². The average Bonchev–Trinajstić information content (AvgIpc) is 2.91. The van der Waals surface area contributed by atoms with E-state index in [4.69, 9.17) is 0 Å². The maximum absolute atomic E-state index is 3.63. The van der Waals surface area contributed by atoms with Crippen molar-refractivity contribution in [3.8, 4) is 0 Å². The summed E-state index contributed by atoms with van der Waals surface area (Å²) in [5.74, 6) is 0. The van der Waals surface area contributed by atoms with Crippen LogP contribution in [0.4, 0.5) is 0 Å². The van der Waals surface area contributed by atoms with Gasteiger partial charge in [0.1, 0.15) is 0 Å². The van der Waals surface area contributed by atoms with E-state index in [9.17, 15) is 0 Å². The van der Waals surface area contributed by atoms with E-state index in [1.165, 1.54) is 26.1 Å². The van der Waals surface area contributed by atoms with E-state index in [1.54, 1.807) is 0 Å². The molecule has 0 fully saturated rings. The van der Waals surface area contributed by atoms with Gasteiger partial charge < -0.3 is 5.32 Å². The summed E-state index contributed by atoms with van der Waals surface area (Å²) >= 11 is 1.87. The molecule has 0 bridgehead atoms. The van der Waals surface area contributed by atoms with Crippen LogP contribution in [0.3, 0.4) is 0 Å². The van der Waals surface area contributed by atoms with Crippen molar-refractivity contribution in [1.29, 1.82) is 0 Å². The van der Waals surface area contributed by atoms with Crippen molar-refractivity contribution in [3.05, 3.63) is 69.9 Å². The van der Waals surface area contributed by atoms with Crippen LogP contribution < -0.4 is 5.32 Å². The number of fused-ring (bicyclic) bond motifs is 1. The quantitative estimate of drug-likeness (QED) is 0.704. The Kier molecular flexibility index (Phi) is 3.86. The summed E-state index contributed by atoms with van der Waals surface area (Å²) in [6.07, 6.45) is 0. The Bertz CT molecular complexity index is 709. The first kappa shape index (κ1) is 13.3. The number of hydrogen-bond donors (Lipinski definition) is 1. The molecule has 3 rings (SSSR count). The number of hydrogen-bond acceptors (Lipinski definition) is 2. The lowest BCUT2D eigenvalue weighted by molar-refractivity contribution is 0.585. The molecule has 1 unspecified atom stereocenters. The van der Waals surface area contributed by atoms with Crippen molar-refractivity contribution in [2.75, 3.05) is 0 Å². The lowest BCUT2D eigenvalue weighted by Crippen LogP contribution is -2.17. The smallest absolute Gasteiger partial charge is 0.0388 e. The minimum Gasteiger partial charge on any atom is -0.305 e. The van der Waals surface area contributed by atoms with E-state index >= 15 is 0 Å². The molecule has 3 aromatic rings. The summed E-state index contributed by atoms with van der Waals surface area (Å²) in [4.78, 5) is 2.78. The molecule has 0 aliphatic heterocycles. The van der Waals surface area contributed by atoms with Gasteiger partial charge >= 0.3 is 0 Å². The normalized spacial score (nSPS) is 12.7. The van der Waals surface area contributed by atoms with Gasteiger partial charge in [-0.2, -0.15) is 0 Å². The van der Waals surface area contributed by atoms with Crippen molar-refractivity contribution in [1.82, 2.24) is 5.32 Å². The van der Waals surface area contributed by atoms with Gasteiger partial charge in [0.15, 0.2) is 0 Å². The second kappa shape index (κ2) is 5.78. The first-order valence-corrected chi connectivity index (χ1v) is 7.82. The van der Waals surface area contributed by atoms with Gasteiger partial charge in [-0.05, 0) is 42.3 Å². The average molecular weight is 281 g/mol. The molecule has 0 aliphatic carbocycles. The standard InChI is InChI=1S/C18H19NS/c1-13-10-11-18(20-13)14(2)19-12-16-8-5-7-15-6-3-4-9-17(15)16/h3-11,14,19H,12H2,1-2H3. The molecular formula is C18H19NS. The molecule has 1 aromatic heterocycles. The number of rotatable bonds is 4. The van der Waals surface area contributed by atoms with Crippen LogP contribution in [-0.2, 0) is 6.54 Å². The maximum atomic E-state index is 3.63. The van der Waals surface area contributed by atoms with Gasteiger partial charge in [0.2, 0.25) is 0 Å². The summed E-state index contributed by atoms with van der Waals surface area (Å²) in [6, 6.07) is 19.9. The molecule has 0 radical (unpaired) electrons. The van der Waals surface area contributed by atoms with Gasteiger partial charge in [0.25, 0.3) is 0 Å². The first-order valence-electron chi connectivity index (χ1n) is 7.00. The second-order valence-electron chi connectivity index (χ2n) is 5.19. The summed E-state index contributed by atoms with van der Waals surface area (Å²) in [6.45, 7) is 5.29. The molecule has 102 valence electrons. The third-order valence-electron chi connectivity index (χ3n) is 3.67. The van der Waals surface area contributed by atoms with Crippen molar-refractivity contribution >= 4 is 22.1 Å². The number of thiophene rings is 1. The first-order chi connectivity index (χ1) is 9.74. The molecule has 1 heterocycles. The number of aryl methyl sites for hydroxylation is 1. The van der Waals surface area contributed by atoms with Gasteiger partial charge in [0, 0.05) is 22.3 Å². The highest BCUT2D eigenvalue weighted by Crippen LogP contribution is 2.24. The van der Waals surface area contributed by atoms with Crippen molar-refractivity contribution in [2.45, 2.75) is 26.4 Å². The molecule has 2 aromatic carbocycles. The molecule has 1 atom stereocenters. The SMILES string of the molecule is Cc1ccc(C(C)NCc2cccc3ccccc23)s1. The van der Waals surface area contributed by atoms with E-state index < -0.39 is 0 Å². The van der Waals surface area contributed by atoms with Crippen LogP contribution in [0.15, 0.2) is 54.6 Å². The minimum atomic E-state index is 0.396. The summed E-state index contributed by atoms with van der Waals surface area (Å²) in [5, 5.41) is 6.29. The summed E-state index contributed by atoms with van der Waals surface area (Å²) in [5.41, 5.74) is 1.36. The molecular weight excluding hydrogens is 262 g/mol. The molecule has 0 amide bonds. The van der Waals surface area contributed by atoms with Crippen LogP contribution in [0.2, 0.25) is 0 Å². The van der Waals surface area contributed by atoms with Crippen molar-refractivity contribution in [3.63, 3.8) is 0 Å². The fourth-order valence-corrected chi connectivity index (χ4v) is 3.40. The van der Waals surface area contributed by atoms with Crippen LogP contribution in [-0.4, -0.2) is 0 Å². The van der Waals surface area contributed by atoms with E-state index in [1.807, 2.05) is 11.3 Å². The Morgan fingerprint density at radius 2 is 1.80 bits per heavy atom. The third kappa shape index (κ3) is 2.77. The zero-order valence-electron chi connectivity index (χ0n) is 11.9. The number of nitrogens with one attached hydrogen (secondary N) is 1. The molecule has 0 aliphatic rings. The molecule has 2 heteroatoms. The van der Waals surface area contributed by atoms with Crippen LogP contribution in [0.25, 0.3) is 10.8 Å². The van der Waals surface area contributed by atoms with E-state index in [0.29, 0.717) is 6.04 Å². The minimum absolute atomic E-state index is 0.396. The lowest BCUT2D eigenvalue weighted by atomic mass is 10.0. The number of benzene rings is 2.